The highest BCUT2D eigenvalue weighted by atomic mass is 35.5. The lowest BCUT2D eigenvalue weighted by Crippen LogP contribution is -2.27. The van der Waals surface area contributed by atoms with Gasteiger partial charge in [-0.3, -0.25) is 4.79 Å². The number of hydrogen-bond acceptors (Lipinski definition) is 3. The van der Waals surface area contributed by atoms with Crippen LogP contribution in [-0.2, 0) is 17.8 Å². The second kappa shape index (κ2) is 7.43. The number of nitrogens with one attached hydrogen (secondary N) is 2. The van der Waals surface area contributed by atoms with Crippen LogP contribution in [0.4, 0.5) is 5.69 Å². The molecule has 1 aromatic heterocycles. The van der Waals surface area contributed by atoms with Gasteiger partial charge in [-0.2, -0.15) is 0 Å². The van der Waals surface area contributed by atoms with Gasteiger partial charge in [-0.25, -0.2) is 0 Å². The fourth-order valence-corrected chi connectivity index (χ4v) is 2.94. The van der Waals surface area contributed by atoms with Gasteiger partial charge in [-0.15, -0.1) is 11.3 Å². The van der Waals surface area contributed by atoms with E-state index in [2.05, 4.69) is 29.0 Å². The molecule has 0 bridgehead atoms. The van der Waals surface area contributed by atoms with Crippen LogP contribution in [0.5, 0.6) is 0 Å². The average molecular weight is 309 g/mol. The zero-order chi connectivity index (χ0) is 14.4. The van der Waals surface area contributed by atoms with Gasteiger partial charge in [0, 0.05) is 22.1 Å². The average Bonchev–Trinajstić information content (AvgIpc) is 2.89. The van der Waals surface area contributed by atoms with Crippen molar-refractivity contribution >= 4 is 34.5 Å². The molecule has 2 aromatic rings. The molecule has 0 atom stereocenters. The first kappa shape index (κ1) is 15.0. The van der Waals surface area contributed by atoms with Crippen LogP contribution < -0.4 is 10.6 Å². The minimum Gasteiger partial charge on any atom is -0.325 e. The van der Waals surface area contributed by atoms with E-state index in [0.29, 0.717) is 11.6 Å². The number of rotatable bonds is 6. The van der Waals surface area contributed by atoms with Crippen molar-refractivity contribution in [3.8, 4) is 0 Å². The first-order valence-corrected chi connectivity index (χ1v) is 7.76. The minimum atomic E-state index is -0.0538. The Morgan fingerprint density at radius 2 is 2.00 bits per heavy atom. The van der Waals surface area contributed by atoms with Gasteiger partial charge < -0.3 is 10.6 Å². The first-order valence-electron chi connectivity index (χ1n) is 6.50. The summed E-state index contributed by atoms with van der Waals surface area (Å²) in [5, 5.41) is 8.73. The van der Waals surface area contributed by atoms with Crippen LogP contribution in [-0.4, -0.2) is 12.5 Å². The third kappa shape index (κ3) is 4.34. The first-order chi connectivity index (χ1) is 9.69. The van der Waals surface area contributed by atoms with Gasteiger partial charge in [0.15, 0.2) is 0 Å². The molecule has 5 heteroatoms. The van der Waals surface area contributed by atoms with E-state index in [9.17, 15) is 4.79 Å². The number of halogens is 1. The lowest BCUT2D eigenvalue weighted by molar-refractivity contribution is -0.115. The number of carbonyl (C=O) groups excluding carboxylic acids is 1. The van der Waals surface area contributed by atoms with Gasteiger partial charge in [0.05, 0.1) is 6.54 Å². The zero-order valence-corrected chi connectivity index (χ0v) is 12.9. The molecular formula is C15H17ClN2OS. The largest absolute Gasteiger partial charge is 0.325 e. The van der Waals surface area contributed by atoms with Crippen LogP contribution in [0, 0.1) is 0 Å². The Bertz CT molecular complexity index is 566. The molecule has 1 amide bonds. The van der Waals surface area contributed by atoms with E-state index in [-0.39, 0.29) is 5.91 Å². The Morgan fingerprint density at radius 3 is 2.70 bits per heavy atom. The smallest absolute Gasteiger partial charge is 0.238 e. The molecule has 106 valence electrons. The molecule has 20 heavy (non-hydrogen) atoms. The molecule has 2 rings (SSSR count). The maximum absolute atomic E-state index is 11.8. The number of aryl methyl sites for hydroxylation is 1. The SMILES string of the molecule is CCc1ccsc1CNCC(=O)Nc1ccc(Cl)cc1. The van der Waals surface area contributed by atoms with E-state index in [4.69, 9.17) is 11.6 Å². The molecule has 0 radical (unpaired) electrons. The molecule has 0 saturated carbocycles. The molecule has 0 unspecified atom stereocenters. The number of thiophene rings is 1. The number of hydrogen-bond donors (Lipinski definition) is 2. The van der Waals surface area contributed by atoms with Crippen LogP contribution in [0.2, 0.25) is 5.02 Å². The lowest BCUT2D eigenvalue weighted by atomic mass is 10.2. The van der Waals surface area contributed by atoms with Crippen molar-refractivity contribution in [1.29, 1.82) is 0 Å². The molecule has 0 fully saturated rings. The number of carbonyl (C=O) groups is 1. The summed E-state index contributed by atoms with van der Waals surface area (Å²) >= 11 is 7.52. The molecule has 0 aliphatic heterocycles. The van der Waals surface area contributed by atoms with Gasteiger partial charge in [-0.05, 0) is 47.7 Å². The Balaban J connectivity index is 1.76. The molecule has 2 N–H and O–H groups in total. The van der Waals surface area contributed by atoms with Crippen LogP contribution in [0.1, 0.15) is 17.4 Å². The van der Waals surface area contributed by atoms with E-state index in [1.807, 2.05) is 0 Å². The molecule has 0 saturated heterocycles. The normalized spacial score (nSPS) is 10.5. The summed E-state index contributed by atoms with van der Waals surface area (Å²) in [6.07, 6.45) is 1.03. The van der Waals surface area contributed by atoms with Crippen LogP contribution in [0.3, 0.4) is 0 Å². The second-order valence-electron chi connectivity index (χ2n) is 4.38. The monoisotopic (exact) mass is 308 g/mol. The molecule has 1 heterocycles. The summed E-state index contributed by atoms with van der Waals surface area (Å²) in [7, 11) is 0. The summed E-state index contributed by atoms with van der Waals surface area (Å²) in [5.74, 6) is -0.0538. The quantitative estimate of drug-likeness (QED) is 0.854. The third-order valence-corrected chi connectivity index (χ3v) is 4.13. The van der Waals surface area contributed by atoms with E-state index in [0.717, 1.165) is 18.7 Å². The third-order valence-electron chi connectivity index (χ3n) is 2.92. The minimum absolute atomic E-state index is 0.0538. The van der Waals surface area contributed by atoms with Gasteiger partial charge in [0.2, 0.25) is 5.91 Å². The van der Waals surface area contributed by atoms with Gasteiger partial charge >= 0.3 is 0 Å². The van der Waals surface area contributed by atoms with Gasteiger partial charge in [-0.1, -0.05) is 18.5 Å². The Morgan fingerprint density at radius 1 is 1.25 bits per heavy atom. The van der Waals surface area contributed by atoms with Crippen molar-refractivity contribution < 1.29 is 4.79 Å². The predicted octanol–water partition coefficient (Wildman–Crippen LogP) is 3.69. The molecule has 0 aliphatic rings. The van der Waals surface area contributed by atoms with E-state index in [1.165, 1.54) is 10.4 Å². The molecule has 3 nitrogen and oxygen atoms in total. The predicted molar refractivity (Wildman–Crippen MR) is 85.5 cm³/mol. The zero-order valence-electron chi connectivity index (χ0n) is 11.3. The van der Waals surface area contributed by atoms with Gasteiger partial charge in [0.1, 0.15) is 0 Å². The van der Waals surface area contributed by atoms with Crippen molar-refractivity contribution in [2.75, 3.05) is 11.9 Å². The fourth-order valence-electron chi connectivity index (χ4n) is 1.87. The molecule has 0 aliphatic carbocycles. The lowest BCUT2D eigenvalue weighted by Gasteiger charge is -2.07. The van der Waals surface area contributed by atoms with E-state index >= 15 is 0 Å². The van der Waals surface area contributed by atoms with E-state index < -0.39 is 0 Å². The number of amides is 1. The van der Waals surface area contributed by atoms with E-state index in [1.54, 1.807) is 35.6 Å². The fraction of sp³-hybridized carbons (Fsp3) is 0.267. The number of anilines is 1. The molecular weight excluding hydrogens is 292 g/mol. The number of benzene rings is 1. The van der Waals surface area contributed by atoms with Crippen molar-refractivity contribution in [2.45, 2.75) is 19.9 Å². The summed E-state index contributed by atoms with van der Waals surface area (Å²) in [5.41, 5.74) is 2.10. The molecule has 0 spiro atoms. The van der Waals surface area contributed by atoms with Crippen molar-refractivity contribution in [1.82, 2.24) is 5.32 Å². The maximum atomic E-state index is 11.8. The Kier molecular flexibility index (Phi) is 5.59. The highest BCUT2D eigenvalue weighted by molar-refractivity contribution is 7.10. The Labute approximate surface area is 128 Å². The molecule has 1 aromatic carbocycles. The van der Waals surface area contributed by atoms with Crippen LogP contribution in [0.15, 0.2) is 35.7 Å². The summed E-state index contributed by atoms with van der Waals surface area (Å²) in [4.78, 5) is 13.1. The summed E-state index contributed by atoms with van der Waals surface area (Å²) < 4.78 is 0. The highest BCUT2D eigenvalue weighted by Crippen LogP contribution is 2.17. The van der Waals surface area contributed by atoms with Gasteiger partial charge in [0.25, 0.3) is 0 Å². The van der Waals surface area contributed by atoms with Crippen molar-refractivity contribution in [3.05, 3.63) is 51.2 Å². The van der Waals surface area contributed by atoms with Crippen LogP contribution >= 0.6 is 22.9 Å². The highest BCUT2D eigenvalue weighted by Gasteiger charge is 2.05. The Hall–Kier alpha value is -1.36. The second-order valence-corrected chi connectivity index (χ2v) is 5.82. The van der Waals surface area contributed by atoms with Crippen molar-refractivity contribution in [3.63, 3.8) is 0 Å². The summed E-state index contributed by atoms with van der Waals surface area (Å²) in [6.45, 7) is 3.16. The van der Waals surface area contributed by atoms with Crippen molar-refractivity contribution in [2.24, 2.45) is 0 Å². The van der Waals surface area contributed by atoms with Crippen LogP contribution in [0.25, 0.3) is 0 Å². The topological polar surface area (TPSA) is 41.1 Å². The summed E-state index contributed by atoms with van der Waals surface area (Å²) in [6, 6.07) is 9.21. The standard InChI is InChI=1S/C15H17ClN2OS/c1-2-11-7-8-20-14(11)9-17-10-15(19)18-13-5-3-12(16)4-6-13/h3-8,17H,2,9-10H2,1H3,(H,18,19). The maximum Gasteiger partial charge on any atom is 0.238 e.